The van der Waals surface area contributed by atoms with Gasteiger partial charge in [0.25, 0.3) is 0 Å². The van der Waals surface area contributed by atoms with E-state index in [1.807, 2.05) is 0 Å². The molecule has 1 rings (SSSR count). The largest absolute Gasteiger partial charge is 0.444 e. The molecule has 1 unspecified atom stereocenters. The van der Waals surface area contributed by atoms with E-state index in [-0.39, 0.29) is 5.78 Å². The Morgan fingerprint density at radius 2 is 1.89 bits per heavy atom. The molecule has 4 heteroatoms. The summed E-state index contributed by atoms with van der Waals surface area (Å²) in [7, 11) is 0. The zero-order valence-electron chi connectivity index (χ0n) is 12.3. The second-order valence-corrected chi connectivity index (χ2v) is 6.93. The van der Waals surface area contributed by atoms with Crippen LogP contribution in [0.4, 0.5) is 4.79 Å². The first-order valence-corrected chi connectivity index (χ1v) is 6.53. The van der Waals surface area contributed by atoms with Crippen molar-refractivity contribution in [1.82, 2.24) is 5.32 Å². The normalized spacial score (nSPS) is 23.1. The van der Waals surface area contributed by atoms with Gasteiger partial charge in [0.2, 0.25) is 0 Å². The third-order valence-electron chi connectivity index (χ3n) is 3.38. The standard InChI is InChI=1S/C14H25NO3/c1-9(15-12(17)18-13(2,3)4)11(16)7-10-8-14(10,5)6/h9-10H,7-8H2,1-6H3,(H,15,17)/t9-,10?/m1/s1. The van der Waals surface area contributed by atoms with Gasteiger partial charge >= 0.3 is 6.09 Å². The fourth-order valence-corrected chi connectivity index (χ4v) is 1.91. The Labute approximate surface area is 109 Å². The van der Waals surface area contributed by atoms with Gasteiger partial charge in [-0.25, -0.2) is 4.79 Å². The molecule has 0 aliphatic heterocycles. The van der Waals surface area contributed by atoms with Crippen molar-refractivity contribution in [2.45, 2.75) is 66.0 Å². The molecule has 0 aromatic rings. The van der Waals surface area contributed by atoms with Crippen LogP contribution in [0.5, 0.6) is 0 Å². The molecular formula is C14H25NO3. The van der Waals surface area contributed by atoms with Crippen molar-refractivity contribution < 1.29 is 14.3 Å². The van der Waals surface area contributed by atoms with Crippen LogP contribution in [0, 0.1) is 11.3 Å². The van der Waals surface area contributed by atoms with E-state index in [2.05, 4.69) is 19.2 Å². The number of nitrogens with one attached hydrogen (secondary N) is 1. The number of hydrogen-bond donors (Lipinski definition) is 1. The fourth-order valence-electron chi connectivity index (χ4n) is 1.91. The van der Waals surface area contributed by atoms with Crippen LogP contribution in [0.1, 0.15) is 54.4 Å². The summed E-state index contributed by atoms with van der Waals surface area (Å²) in [5.74, 6) is 0.546. The minimum atomic E-state index is -0.536. The SMILES string of the molecule is C[C@@H](NC(=O)OC(C)(C)C)C(=O)CC1CC1(C)C. The highest BCUT2D eigenvalue weighted by atomic mass is 16.6. The molecule has 1 aliphatic carbocycles. The van der Waals surface area contributed by atoms with Crippen LogP contribution < -0.4 is 5.32 Å². The number of carbonyl (C=O) groups excluding carboxylic acids is 2. The summed E-state index contributed by atoms with van der Waals surface area (Å²) in [6.07, 6.45) is 1.11. The third-order valence-corrected chi connectivity index (χ3v) is 3.38. The molecule has 1 saturated carbocycles. The molecule has 18 heavy (non-hydrogen) atoms. The molecule has 0 heterocycles. The van der Waals surface area contributed by atoms with Gasteiger partial charge in [-0.15, -0.1) is 0 Å². The number of carbonyl (C=O) groups is 2. The first kappa shape index (κ1) is 15.0. The molecule has 1 amide bonds. The number of alkyl carbamates (subject to hydrolysis) is 1. The molecular weight excluding hydrogens is 230 g/mol. The fraction of sp³-hybridized carbons (Fsp3) is 0.857. The second kappa shape index (κ2) is 4.90. The minimum Gasteiger partial charge on any atom is -0.444 e. The molecule has 0 spiro atoms. The topological polar surface area (TPSA) is 55.4 Å². The maximum Gasteiger partial charge on any atom is 0.408 e. The predicted molar refractivity (Wildman–Crippen MR) is 70.3 cm³/mol. The van der Waals surface area contributed by atoms with Crippen LogP contribution in [0.3, 0.4) is 0 Å². The van der Waals surface area contributed by atoms with Crippen molar-refractivity contribution in [3.8, 4) is 0 Å². The molecule has 104 valence electrons. The maximum atomic E-state index is 11.9. The second-order valence-electron chi connectivity index (χ2n) is 6.93. The Kier molecular flexibility index (Phi) is 4.08. The first-order chi connectivity index (χ1) is 8.01. The van der Waals surface area contributed by atoms with E-state index in [0.29, 0.717) is 17.8 Å². The van der Waals surface area contributed by atoms with Gasteiger partial charge in [-0.05, 0) is 45.4 Å². The Morgan fingerprint density at radius 3 is 2.28 bits per heavy atom. The average molecular weight is 255 g/mol. The van der Waals surface area contributed by atoms with E-state index in [4.69, 9.17) is 4.74 Å². The number of amides is 1. The highest BCUT2D eigenvalue weighted by Gasteiger charge is 2.46. The van der Waals surface area contributed by atoms with Crippen LogP contribution in [-0.2, 0) is 9.53 Å². The first-order valence-electron chi connectivity index (χ1n) is 6.53. The molecule has 1 aliphatic rings. The van der Waals surface area contributed by atoms with Crippen LogP contribution in [-0.4, -0.2) is 23.5 Å². The van der Waals surface area contributed by atoms with Crippen molar-refractivity contribution in [3.63, 3.8) is 0 Å². The van der Waals surface area contributed by atoms with Gasteiger partial charge < -0.3 is 10.1 Å². The van der Waals surface area contributed by atoms with Crippen LogP contribution >= 0.6 is 0 Å². The van der Waals surface area contributed by atoms with Crippen molar-refractivity contribution in [2.75, 3.05) is 0 Å². The lowest BCUT2D eigenvalue weighted by Gasteiger charge is -2.21. The summed E-state index contributed by atoms with van der Waals surface area (Å²) in [5.41, 5.74) is -0.243. The summed E-state index contributed by atoms with van der Waals surface area (Å²) >= 11 is 0. The number of rotatable bonds is 4. The number of ketones is 1. The summed E-state index contributed by atoms with van der Waals surface area (Å²) in [4.78, 5) is 23.4. The molecule has 2 atom stereocenters. The minimum absolute atomic E-state index is 0.0800. The van der Waals surface area contributed by atoms with Crippen LogP contribution in [0.15, 0.2) is 0 Å². The quantitative estimate of drug-likeness (QED) is 0.840. The molecule has 0 saturated heterocycles. The van der Waals surface area contributed by atoms with Crippen molar-refractivity contribution in [2.24, 2.45) is 11.3 Å². The Bertz CT molecular complexity index is 341. The predicted octanol–water partition coefficient (Wildman–Crippen LogP) is 2.90. The van der Waals surface area contributed by atoms with Crippen molar-refractivity contribution >= 4 is 11.9 Å². The summed E-state index contributed by atoms with van der Waals surface area (Å²) in [5, 5.41) is 2.59. The third kappa shape index (κ3) is 4.67. The average Bonchev–Trinajstić information content (AvgIpc) is 2.69. The molecule has 0 bridgehead atoms. The van der Waals surface area contributed by atoms with Crippen LogP contribution in [0.25, 0.3) is 0 Å². The lowest BCUT2D eigenvalue weighted by molar-refractivity contribution is -0.121. The molecule has 1 N–H and O–H groups in total. The Hall–Kier alpha value is -1.06. The van der Waals surface area contributed by atoms with Gasteiger partial charge in [0, 0.05) is 6.42 Å². The van der Waals surface area contributed by atoms with Gasteiger partial charge in [0.15, 0.2) is 5.78 Å². The Morgan fingerprint density at radius 1 is 1.39 bits per heavy atom. The smallest absolute Gasteiger partial charge is 0.408 e. The molecule has 4 nitrogen and oxygen atoms in total. The monoisotopic (exact) mass is 255 g/mol. The zero-order valence-corrected chi connectivity index (χ0v) is 12.3. The van der Waals surface area contributed by atoms with Crippen molar-refractivity contribution in [3.05, 3.63) is 0 Å². The van der Waals surface area contributed by atoms with E-state index in [9.17, 15) is 9.59 Å². The van der Waals surface area contributed by atoms with Gasteiger partial charge in [-0.3, -0.25) is 4.79 Å². The number of ether oxygens (including phenoxy) is 1. The van der Waals surface area contributed by atoms with Crippen LogP contribution in [0.2, 0.25) is 0 Å². The molecule has 0 radical (unpaired) electrons. The maximum absolute atomic E-state index is 11.9. The Balaban J connectivity index is 2.34. The van der Waals surface area contributed by atoms with Gasteiger partial charge in [-0.2, -0.15) is 0 Å². The van der Waals surface area contributed by atoms with E-state index in [1.165, 1.54) is 0 Å². The summed E-state index contributed by atoms with van der Waals surface area (Å²) in [6, 6.07) is -0.476. The van der Waals surface area contributed by atoms with E-state index in [1.54, 1.807) is 27.7 Å². The van der Waals surface area contributed by atoms with Gasteiger partial charge in [-0.1, -0.05) is 13.8 Å². The summed E-state index contributed by atoms with van der Waals surface area (Å²) < 4.78 is 5.12. The molecule has 1 fully saturated rings. The van der Waals surface area contributed by atoms with E-state index in [0.717, 1.165) is 6.42 Å². The van der Waals surface area contributed by atoms with E-state index >= 15 is 0 Å². The molecule has 0 aromatic carbocycles. The zero-order chi connectivity index (χ0) is 14.1. The number of Topliss-reactive ketones (excluding diaryl/α,β-unsaturated/α-hetero) is 1. The highest BCUT2D eigenvalue weighted by Crippen LogP contribution is 2.53. The van der Waals surface area contributed by atoms with Gasteiger partial charge in [0.05, 0.1) is 6.04 Å². The lowest BCUT2D eigenvalue weighted by atomic mass is 10.0. The molecule has 0 aromatic heterocycles. The lowest BCUT2D eigenvalue weighted by Crippen LogP contribution is -2.41. The highest BCUT2D eigenvalue weighted by molar-refractivity contribution is 5.87. The van der Waals surface area contributed by atoms with Gasteiger partial charge in [0.1, 0.15) is 5.60 Å². The van der Waals surface area contributed by atoms with E-state index < -0.39 is 17.7 Å². The van der Waals surface area contributed by atoms with Crippen molar-refractivity contribution in [1.29, 1.82) is 0 Å². The summed E-state index contributed by atoms with van der Waals surface area (Å²) in [6.45, 7) is 11.4. The number of hydrogen-bond acceptors (Lipinski definition) is 3.